The molecule has 0 bridgehead atoms. The van der Waals surface area contributed by atoms with Crippen LogP contribution in [0.3, 0.4) is 0 Å². The molecular formula is C15H17NO. The van der Waals surface area contributed by atoms with Crippen molar-refractivity contribution < 1.29 is 4.79 Å². The summed E-state index contributed by atoms with van der Waals surface area (Å²) in [5, 5.41) is 0. The lowest BCUT2D eigenvalue weighted by Gasteiger charge is -2.17. The normalized spacial score (nSPS) is 22.7. The van der Waals surface area contributed by atoms with Crippen LogP contribution in [0.5, 0.6) is 0 Å². The molecule has 4 rings (SSSR count). The zero-order chi connectivity index (χ0) is 11.4. The summed E-state index contributed by atoms with van der Waals surface area (Å²) in [5.41, 5.74) is 4.07. The standard InChI is InChI=1S/C15H17NO/c17-15(11-3-4-11)16-8-7-13-9-12(10-1-2-10)5-6-14(13)16/h5-6,9-11H,1-4,7-8H2. The Morgan fingerprint density at radius 3 is 2.71 bits per heavy atom. The highest BCUT2D eigenvalue weighted by molar-refractivity contribution is 5.98. The van der Waals surface area contributed by atoms with E-state index in [9.17, 15) is 4.79 Å². The first-order chi connectivity index (χ1) is 8.33. The fraction of sp³-hybridized carbons (Fsp3) is 0.533. The number of hydrogen-bond donors (Lipinski definition) is 0. The quantitative estimate of drug-likeness (QED) is 0.760. The van der Waals surface area contributed by atoms with Gasteiger partial charge in [-0.25, -0.2) is 0 Å². The van der Waals surface area contributed by atoms with Crippen molar-refractivity contribution in [3.05, 3.63) is 29.3 Å². The Kier molecular flexibility index (Phi) is 1.91. The van der Waals surface area contributed by atoms with Crippen molar-refractivity contribution >= 4 is 11.6 Å². The molecule has 0 unspecified atom stereocenters. The molecule has 1 heterocycles. The molecule has 1 aliphatic heterocycles. The van der Waals surface area contributed by atoms with E-state index >= 15 is 0 Å². The Morgan fingerprint density at radius 2 is 2.00 bits per heavy atom. The molecule has 0 radical (unpaired) electrons. The first kappa shape index (κ1) is 9.69. The minimum Gasteiger partial charge on any atom is -0.312 e. The topological polar surface area (TPSA) is 20.3 Å². The molecule has 2 nitrogen and oxygen atoms in total. The van der Waals surface area contributed by atoms with E-state index in [2.05, 4.69) is 18.2 Å². The number of carbonyl (C=O) groups excluding carboxylic acids is 1. The van der Waals surface area contributed by atoms with Crippen LogP contribution in [0.1, 0.15) is 42.7 Å². The average Bonchev–Trinajstić information content (AvgIpc) is 3.23. The Bertz CT molecular complexity index is 486. The second-order valence-corrected chi connectivity index (χ2v) is 5.68. The maximum Gasteiger partial charge on any atom is 0.230 e. The minimum absolute atomic E-state index is 0.337. The molecule has 17 heavy (non-hydrogen) atoms. The highest BCUT2D eigenvalue weighted by Gasteiger charge is 2.36. The maximum atomic E-state index is 12.1. The molecule has 0 aromatic heterocycles. The van der Waals surface area contributed by atoms with Gasteiger partial charge in [0, 0.05) is 18.2 Å². The Morgan fingerprint density at radius 1 is 1.18 bits per heavy atom. The molecular weight excluding hydrogens is 210 g/mol. The van der Waals surface area contributed by atoms with E-state index in [1.165, 1.54) is 29.7 Å². The van der Waals surface area contributed by atoms with Gasteiger partial charge in [-0.05, 0) is 55.2 Å². The molecule has 0 saturated heterocycles. The van der Waals surface area contributed by atoms with Crippen molar-refractivity contribution in [1.29, 1.82) is 0 Å². The van der Waals surface area contributed by atoms with Gasteiger partial charge < -0.3 is 4.90 Å². The van der Waals surface area contributed by atoms with Gasteiger partial charge in [0.25, 0.3) is 0 Å². The van der Waals surface area contributed by atoms with Crippen LogP contribution >= 0.6 is 0 Å². The number of fused-ring (bicyclic) bond motifs is 1. The van der Waals surface area contributed by atoms with E-state index in [-0.39, 0.29) is 0 Å². The fourth-order valence-electron chi connectivity index (χ4n) is 2.87. The number of benzene rings is 1. The Labute approximate surface area is 102 Å². The summed E-state index contributed by atoms with van der Waals surface area (Å²) in [6.45, 7) is 0.902. The van der Waals surface area contributed by atoms with Gasteiger partial charge in [0.2, 0.25) is 5.91 Å². The molecule has 0 atom stereocenters. The summed E-state index contributed by atoms with van der Waals surface area (Å²) in [5.74, 6) is 1.51. The summed E-state index contributed by atoms with van der Waals surface area (Å²) >= 11 is 0. The highest BCUT2D eigenvalue weighted by Crippen LogP contribution is 2.43. The number of hydrogen-bond acceptors (Lipinski definition) is 1. The van der Waals surface area contributed by atoms with Crippen molar-refractivity contribution in [2.75, 3.05) is 11.4 Å². The summed E-state index contributed by atoms with van der Waals surface area (Å²) in [7, 11) is 0. The van der Waals surface area contributed by atoms with Crippen LogP contribution in [0.15, 0.2) is 18.2 Å². The third-order valence-electron chi connectivity index (χ3n) is 4.24. The van der Waals surface area contributed by atoms with Crippen LogP contribution in [-0.4, -0.2) is 12.5 Å². The van der Waals surface area contributed by atoms with Crippen molar-refractivity contribution in [2.45, 2.75) is 38.0 Å². The Hall–Kier alpha value is -1.31. The van der Waals surface area contributed by atoms with E-state index in [0.29, 0.717) is 11.8 Å². The van der Waals surface area contributed by atoms with Crippen molar-refractivity contribution in [2.24, 2.45) is 5.92 Å². The van der Waals surface area contributed by atoms with Gasteiger partial charge in [-0.2, -0.15) is 0 Å². The van der Waals surface area contributed by atoms with E-state index in [0.717, 1.165) is 31.7 Å². The zero-order valence-corrected chi connectivity index (χ0v) is 9.98. The lowest BCUT2D eigenvalue weighted by atomic mass is 10.1. The molecule has 0 spiro atoms. The first-order valence-corrected chi connectivity index (χ1v) is 6.77. The predicted octanol–water partition coefficient (Wildman–Crippen LogP) is 2.86. The molecule has 1 aromatic rings. The summed E-state index contributed by atoms with van der Waals surface area (Å²) in [6, 6.07) is 6.75. The van der Waals surface area contributed by atoms with Crippen LogP contribution in [0.2, 0.25) is 0 Å². The smallest absolute Gasteiger partial charge is 0.230 e. The largest absolute Gasteiger partial charge is 0.312 e. The second-order valence-electron chi connectivity index (χ2n) is 5.68. The van der Waals surface area contributed by atoms with Crippen molar-refractivity contribution in [1.82, 2.24) is 0 Å². The van der Waals surface area contributed by atoms with E-state index in [4.69, 9.17) is 0 Å². The number of amides is 1. The monoisotopic (exact) mass is 227 g/mol. The maximum absolute atomic E-state index is 12.1. The van der Waals surface area contributed by atoms with Crippen LogP contribution in [-0.2, 0) is 11.2 Å². The average molecular weight is 227 g/mol. The van der Waals surface area contributed by atoms with Crippen LogP contribution < -0.4 is 4.90 Å². The van der Waals surface area contributed by atoms with Crippen molar-refractivity contribution in [3.8, 4) is 0 Å². The van der Waals surface area contributed by atoms with Crippen molar-refractivity contribution in [3.63, 3.8) is 0 Å². The van der Waals surface area contributed by atoms with E-state index < -0.39 is 0 Å². The number of anilines is 1. The number of nitrogens with zero attached hydrogens (tertiary/aromatic N) is 1. The molecule has 2 aliphatic carbocycles. The summed E-state index contributed by atoms with van der Waals surface area (Å²) in [6.07, 6.45) is 5.96. The molecule has 1 amide bonds. The van der Waals surface area contributed by atoms with Gasteiger partial charge in [-0.3, -0.25) is 4.79 Å². The van der Waals surface area contributed by atoms with E-state index in [1.54, 1.807) is 0 Å². The molecule has 3 aliphatic rings. The third kappa shape index (κ3) is 1.58. The molecule has 2 fully saturated rings. The van der Waals surface area contributed by atoms with Crippen LogP contribution in [0.25, 0.3) is 0 Å². The van der Waals surface area contributed by atoms with Crippen LogP contribution in [0, 0.1) is 5.92 Å². The van der Waals surface area contributed by atoms with Crippen LogP contribution in [0.4, 0.5) is 5.69 Å². The number of rotatable bonds is 2. The minimum atomic E-state index is 0.337. The van der Waals surface area contributed by atoms with Gasteiger partial charge >= 0.3 is 0 Å². The lowest BCUT2D eigenvalue weighted by molar-refractivity contribution is -0.119. The molecule has 1 aromatic carbocycles. The molecule has 2 heteroatoms. The summed E-state index contributed by atoms with van der Waals surface area (Å²) in [4.78, 5) is 14.1. The van der Waals surface area contributed by atoms with Gasteiger partial charge in [0.05, 0.1) is 0 Å². The molecule has 0 N–H and O–H groups in total. The second kappa shape index (κ2) is 3.34. The fourth-order valence-corrected chi connectivity index (χ4v) is 2.87. The Balaban J connectivity index is 1.65. The van der Waals surface area contributed by atoms with Gasteiger partial charge in [-0.15, -0.1) is 0 Å². The lowest BCUT2D eigenvalue weighted by Crippen LogP contribution is -2.30. The SMILES string of the molecule is O=C(C1CC1)N1CCc2cc(C3CC3)ccc21. The van der Waals surface area contributed by atoms with Gasteiger partial charge in [0.15, 0.2) is 0 Å². The first-order valence-electron chi connectivity index (χ1n) is 6.77. The van der Waals surface area contributed by atoms with Gasteiger partial charge in [-0.1, -0.05) is 12.1 Å². The zero-order valence-electron chi connectivity index (χ0n) is 9.98. The van der Waals surface area contributed by atoms with Gasteiger partial charge in [0.1, 0.15) is 0 Å². The summed E-state index contributed by atoms with van der Waals surface area (Å²) < 4.78 is 0. The van der Waals surface area contributed by atoms with E-state index in [1.807, 2.05) is 4.90 Å². The molecule has 88 valence electrons. The highest BCUT2D eigenvalue weighted by atomic mass is 16.2. The predicted molar refractivity (Wildman–Crippen MR) is 67.2 cm³/mol. The number of carbonyl (C=O) groups is 1. The third-order valence-corrected chi connectivity index (χ3v) is 4.24. The molecule has 2 saturated carbocycles.